The number of carbonyl (C=O) groups excluding carboxylic acids is 2. The van der Waals surface area contributed by atoms with Gasteiger partial charge in [0.1, 0.15) is 5.76 Å². The Bertz CT molecular complexity index is 696. The molecule has 1 aromatic carbocycles. The van der Waals surface area contributed by atoms with Gasteiger partial charge in [0.15, 0.2) is 0 Å². The molecule has 6 heteroatoms. The third-order valence-electron chi connectivity index (χ3n) is 3.92. The quantitative estimate of drug-likeness (QED) is 0.911. The number of aromatic nitrogens is 1. The summed E-state index contributed by atoms with van der Waals surface area (Å²) < 4.78 is 4.98. The first kappa shape index (κ1) is 15.3. The molecule has 0 spiro atoms. The topological polar surface area (TPSA) is 75.4 Å². The van der Waals surface area contributed by atoms with Gasteiger partial charge in [0.2, 0.25) is 11.8 Å². The zero-order valence-electron chi connectivity index (χ0n) is 13.0. The molecule has 6 nitrogen and oxygen atoms in total. The van der Waals surface area contributed by atoms with Crippen LogP contribution >= 0.6 is 0 Å². The Hall–Kier alpha value is -2.63. The zero-order chi connectivity index (χ0) is 16.2. The third kappa shape index (κ3) is 3.59. The molecular formula is C17H19N3O3. The molecular weight excluding hydrogens is 294 g/mol. The normalized spacial score (nSPS) is 17.5. The Morgan fingerprint density at radius 3 is 2.87 bits per heavy atom. The molecule has 0 aliphatic carbocycles. The van der Waals surface area contributed by atoms with Gasteiger partial charge in [-0.15, -0.1) is 0 Å². The van der Waals surface area contributed by atoms with Crippen molar-refractivity contribution in [3.05, 3.63) is 47.9 Å². The number of amides is 2. The fraction of sp³-hybridized carbons (Fsp3) is 0.353. The molecule has 2 aromatic rings. The van der Waals surface area contributed by atoms with E-state index in [-0.39, 0.29) is 24.2 Å². The summed E-state index contributed by atoms with van der Waals surface area (Å²) in [4.78, 5) is 26.0. The van der Waals surface area contributed by atoms with Crippen molar-refractivity contribution in [3.63, 3.8) is 0 Å². The van der Waals surface area contributed by atoms with E-state index in [2.05, 4.69) is 10.5 Å². The van der Waals surface area contributed by atoms with Gasteiger partial charge < -0.3 is 14.7 Å². The number of anilines is 1. The molecule has 1 aromatic heterocycles. The average molecular weight is 313 g/mol. The number of hydrogen-bond acceptors (Lipinski definition) is 4. The molecule has 0 bridgehead atoms. The number of benzene rings is 1. The van der Waals surface area contributed by atoms with Crippen LogP contribution in [0.25, 0.3) is 0 Å². The minimum Gasteiger partial charge on any atom is -0.361 e. The van der Waals surface area contributed by atoms with E-state index in [4.69, 9.17) is 4.52 Å². The number of nitrogens with zero attached hydrogens (tertiary/aromatic N) is 2. The van der Waals surface area contributed by atoms with E-state index in [1.165, 1.54) is 0 Å². The van der Waals surface area contributed by atoms with Gasteiger partial charge in [-0.2, -0.15) is 0 Å². The molecule has 23 heavy (non-hydrogen) atoms. The molecule has 0 radical (unpaired) electrons. The number of carbonyl (C=O) groups is 2. The molecule has 1 fully saturated rings. The molecule has 2 amide bonds. The van der Waals surface area contributed by atoms with Crippen LogP contribution in [0.15, 0.2) is 40.9 Å². The van der Waals surface area contributed by atoms with Crippen molar-refractivity contribution in [2.45, 2.75) is 19.8 Å². The van der Waals surface area contributed by atoms with Crippen LogP contribution in [0.3, 0.4) is 0 Å². The summed E-state index contributed by atoms with van der Waals surface area (Å²) in [6.07, 6.45) is 0.871. The van der Waals surface area contributed by atoms with Gasteiger partial charge in [-0.25, -0.2) is 0 Å². The van der Waals surface area contributed by atoms with Crippen molar-refractivity contribution < 1.29 is 14.1 Å². The molecule has 2 heterocycles. The number of para-hydroxylation sites is 1. The van der Waals surface area contributed by atoms with E-state index >= 15 is 0 Å². The molecule has 1 atom stereocenters. The molecule has 1 unspecified atom stereocenters. The highest BCUT2D eigenvalue weighted by Gasteiger charge is 2.34. The Morgan fingerprint density at radius 2 is 2.17 bits per heavy atom. The van der Waals surface area contributed by atoms with Crippen molar-refractivity contribution in [3.8, 4) is 0 Å². The van der Waals surface area contributed by atoms with Crippen molar-refractivity contribution in [1.29, 1.82) is 0 Å². The van der Waals surface area contributed by atoms with Crippen LogP contribution < -0.4 is 10.2 Å². The summed E-state index contributed by atoms with van der Waals surface area (Å²) in [5.74, 6) is 0.355. The maximum absolute atomic E-state index is 12.2. The first-order valence-corrected chi connectivity index (χ1v) is 7.69. The lowest BCUT2D eigenvalue weighted by molar-refractivity contribution is -0.126. The molecule has 1 aliphatic rings. The highest BCUT2D eigenvalue weighted by atomic mass is 16.5. The van der Waals surface area contributed by atoms with Crippen LogP contribution in [0.4, 0.5) is 5.69 Å². The van der Waals surface area contributed by atoms with E-state index < -0.39 is 0 Å². The SMILES string of the molecule is Cc1cc(CCNC(=O)C2CC(=O)N(c3ccccc3)C2)no1. The lowest BCUT2D eigenvalue weighted by Crippen LogP contribution is -2.34. The monoisotopic (exact) mass is 313 g/mol. The summed E-state index contributed by atoms with van der Waals surface area (Å²) in [7, 11) is 0. The third-order valence-corrected chi connectivity index (χ3v) is 3.92. The van der Waals surface area contributed by atoms with Crippen LogP contribution in [0.5, 0.6) is 0 Å². The number of nitrogens with one attached hydrogen (secondary N) is 1. The standard InChI is InChI=1S/C17H19N3O3/c1-12-9-14(19-23-12)7-8-18-17(22)13-10-16(21)20(11-13)15-5-3-2-4-6-15/h2-6,9,13H,7-8,10-11H2,1H3,(H,18,22). The molecule has 120 valence electrons. The van der Waals surface area contributed by atoms with Gasteiger partial charge in [0.05, 0.1) is 11.6 Å². The van der Waals surface area contributed by atoms with Gasteiger partial charge >= 0.3 is 0 Å². The Kier molecular flexibility index (Phi) is 4.41. The van der Waals surface area contributed by atoms with Crippen LogP contribution in [0.2, 0.25) is 0 Å². The summed E-state index contributed by atoms with van der Waals surface area (Å²) in [6, 6.07) is 11.3. The first-order chi connectivity index (χ1) is 11.1. The smallest absolute Gasteiger partial charge is 0.227 e. The second-order valence-corrected chi connectivity index (χ2v) is 5.71. The predicted octanol–water partition coefficient (Wildman–Crippen LogP) is 1.69. The average Bonchev–Trinajstić information content (AvgIpc) is 3.14. The van der Waals surface area contributed by atoms with Gasteiger partial charge in [-0.05, 0) is 19.1 Å². The van der Waals surface area contributed by atoms with Crippen molar-refractivity contribution in [1.82, 2.24) is 10.5 Å². The van der Waals surface area contributed by atoms with Crippen molar-refractivity contribution in [2.75, 3.05) is 18.0 Å². The Morgan fingerprint density at radius 1 is 1.39 bits per heavy atom. The first-order valence-electron chi connectivity index (χ1n) is 7.69. The fourth-order valence-corrected chi connectivity index (χ4v) is 2.73. The molecule has 1 saturated heterocycles. The van der Waals surface area contributed by atoms with Gasteiger partial charge in [-0.3, -0.25) is 9.59 Å². The predicted molar refractivity (Wildman–Crippen MR) is 84.9 cm³/mol. The lowest BCUT2D eigenvalue weighted by Gasteiger charge is -2.16. The summed E-state index contributed by atoms with van der Waals surface area (Å²) in [6.45, 7) is 2.75. The second kappa shape index (κ2) is 6.64. The zero-order valence-corrected chi connectivity index (χ0v) is 13.0. The molecule has 1 N–H and O–H groups in total. The maximum atomic E-state index is 12.2. The summed E-state index contributed by atoms with van der Waals surface area (Å²) in [5, 5.41) is 6.76. The van der Waals surface area contributed by atoms with Crippen molar-refractivity contribution >= 4 is 17.5 Å². The highest BCUT2D eigenvalue weighted by Crippen LogP contribution is 2.24. The second-order valence-electron chi connectivity index (χ2n) is 5.71. The molecule has 0 saturated carbocycles. The van der Waals surface area contributed by atoms with Gasteiger partial charge in [-0.1, -0.05) is 23.4 Å². The fourth-order valence-electron chi connectivity index (χ4n) is 2.73. The van der Waals surface area contributed by atoms with Crippen LogP contribution in [0.1, 0.15) is 17.9 Å². The lowest BCUT2D eigenvalue weighted by atomic mass is 10.1. The number of hydrogen-bond donors (Lipinski definition) is 1. The minimum absolute atomic E-state index is 0.0107. The molecule has 3 rings (SSSR count). The summed E-state index contributed by atoms with van der Waals surface area (Å²) in [5.41, 5.74) is 1.65. The molecule has 1 aliphatic heterocycles. The largest absolute Gasteiger partial charge is 0.361 e. The van der Waals surface area contributed by atoms with E-state index in [9.17, 15) is 9.59 Å². The summed E-state index contributed by atoms with van der Waals surface area (Å²) >= 11 is 0. The van der Waals surface area contributed by atoms with Crippen LogP contribution in [0, 0.1) is 12.8 Å². The minimum atomic E-state index is -0.304. The highest BCUT2D eigenvalue weighted by molar-refractivity contribution is 6.00. The van der Waals surface area contributed by atoms with E-state index in [0.717, 1.165) is 17.1 Å². The maximum Gasteiger partial charge on any atom is 0.227 e. The Labute approximate surface area is 134 Å². The van der Waals surface area contributed by atoms with Crippen LogP contribution in [-0.4, -0.2) is 30.1 Å². The number of aryl methyl sites for hydroxylation is 1. The van der Waals surface area contributed by atoms with Crippen LogP contribution in [-0.2, 0) is 16.0 Å². The Balaban J connectivity index is 1.51. The van der Waals surface area contributed by atoms with Gasteiger partial charge in [0, 0.05) is 37.7 Å². The van der Waals surface area contributed by atoms with Crippen molar-refractivity contribution in [2.24, 2.45) is 5.92 Å². The van der Waals surface area contributed by atoms with E-state index in [1.807, 2.05) is 43.3 Å². The van der Waals surface area contributed by atoms with E-state index in [1.54, 1.807) is 4.90 Å². The van der Waals surface area contributed by atoms with E-state index in [0.29, 0.717) is 19.5 Å². The number of rotatable bonds is 5. The van der Waals surface area contributed by atoms with Gasteiger partial charge in [0.25, 0.3) is 0 Å².